The molecule has 0 radical (unpaired) electrons. The van der Waals surface area contributed by atoms with Gasteiger partial charge in [-0.25, -0.2) is 30.4 Å². The highest BCUT2D eigenvalue weighted by atomic mass is 16.5. The smallest absolute Gasteiger partial charge is 0.243 e. The number of para-hydroxylation sites is 1. The second-order valence-electron chi connectivity index (χ2n) is 7.57. The van der Waals surface area contributed by atoms with Gasteiger partial charge in [-0.05, 0) is 31.7 Å². The molecule has 1 amide bonds. The van der Waals surface area contributed by atoms with E-state index < -0.39 is 0 Å². The van der Waals surface area contributed by atoms with Gasteiger partial charge in [0.2, 0.25) is 5.91 Å². The molecular weight excluding hydrogens is 408 g/mol. The van der Waals surface area contributed by atoms with Crippen LogP contribution in [0.25, 0.3) is 22.1 Å². The van der Waals surface area contributed by atoms with Gasteiger partial charge in [0.05, 0.1) is 23.6 Å². The number of hydroxylamine groups is 1. The third-order valence-electron chi connectivity index (χ3n) is 5.40. The molecular formula is C22H26N8O2. The summed E-state index contributed by atoms with van der Waals surface area (Å²) in [6.07, 6.45) is 7.44. The van der Waals surface area contributed by atoms with Crippen molar-refractivity contribution in [2.24, 2.45) is 0 Å². The van der Waals surface area contributed by atoms with Crippen LogP contribution in [0.1, 0.15) is 56.6 Å². The summed E-state index contributed by atoms with van der Waals surface area (Å²) in [6, 6.07) is 7.88. The zero-order valence-corrected chi connectivity index (χ0v) is 17.9. The van der Waals surface area contributed by atoms with Crippen molar-refractivity contribution in [1.29, 1.82) is 0 Å². The number of fused-ring (bicyclic) bond motifs is 2. The van der Waals surface area contributed by atoms with E-state index in [0.717, 1.165) is 54.2 Å². The molecule has 10 heteroatoms. The fourth-order valence-corrected chi connectivity index (χ4v) is 3.71. The number of aryl methyl sites for hydroxylation is 1. The largest absolute Gasteiger partial charge is 0.358 e. The van der Waals surface area contributed by atoms with Crippen LogP contribution < -0.4 is 10.8 Å². The molecule has 4 N–H and O–H groups in total. The van der Waals surface area contributed by atoms with Crippen LogP contribution >= 0.6 is 0 Å². The summed E-state index contributed by atoms with van der Waals surface area (Å²) >= 11 is 0. The van der Waals surface area contributed by atoms with Crippen molar-refractivity contribution in [2.75, 3.05) is 5.32 Å². The number of anilines is 1. The Morgan fingerprint density at radius 3 is 2.84 bits per heavy atom. The molecule has 1 aromatic carbocycles. The topological polar surface area (TPSA) is 142 Å². The van der Waals surface area contributed by atoms with Gasteiger partial charge in [0.25, 0.3) is 0 Å². The number of hydrogen-bond donors (Lipinski definition) is 4. The Morgan fingerprint density at radius 2 is 2.00 bits per heavy atom. The van der Waals surface area contributed by atoms with Crippen LogP contribution in [0.5, 0.6) is 0 Å². The number of H-pyrrole nitrogens is 1. The number of rotatable bonds is 10. The van der Waals surface area contributed by atoms with Crippen LogP contribution in [-0.2, 0) is 11.2 Å². The number of aromatic amines is 1. The molecule has 0 aliphatic carbocycles. The number of carbonyl (C=O) groups excluding carboxylic acids is 1. The maximum atomic E-state index is 11.2. The monoisotopic (exact) mass is 434 g/mol. The molecule has 3 aromatic heterocycles. The number of imidazole rings is 1. The van der Waals surface area contributed by atoms with E-state index >= 15 is 0 Å². The van der Waals surface area contributed by atoms with Crippen molar-refractivity contribution in [3.05, 3.63) is 48.4 Å². The van der Waals surface area contributed by atoms with E-state index in [2.05, 4.69) is 32.2 Å². The van der Waals surface area contributed by atoms with E-state index in [1.54, 1.807) is 11.8 Å². The predicted molar refractivity (Wildman–Crippen MR) is 120 cm³/mol. The second kappa shape index (κ2) is 10.1. The molecule has 32 heavy (non-hydrogen) atoms. The molecule has 3 heterocycles. The van der Waals surface area contributed by atoms with Crippen LogP contribution in [0, 0.1) is 0 Å². The summed E-state index contributed by atoms with van der Waals surface area (Å²) in [5, 5.41) is 13.1. The molecule has 0 saturated carbocycles. The number of amides is 1. The van der Waals surface area contributed by atoms with E-state index in [-0.39, 0.29) is 11.9 Å². The normalized spacial score (nSPS) is 12.2. The number of aromatic nitrogens is 6. The SMILES string of the molecule is CC[C@H](Nc1ncnc2nc[nH]c12)c1nc(CCCCCC(=O)NO)c2ccccc2n1. The summed E-state index contributed by atoms with van der Waals surface area (Å²) in [7, 11) is 0. The van der Waals surface area contributed by atoms with E-state index in [0.29, 0.717) is 23.7 Å². The van der Waals surface area contributed by atoms with Gasteiger partial charge in [0.1, 0.15) is 11.8 Å². The van der Waals surface area contributed by atoms with Crippen LogP contribution in [0.2, 0.25) is 0 Å². The summed E-state index contributed by atoms with van der Waals surface area (Å²) in [6.45, 7) is 2.08. The number of unbranched alkanes of at least 4 members (excludes halogenated alkanes) is 2. The number of nitrogens with one attached hydrogen (secondary N) is 3. The summed E-state index contributed by atoms with van der Waals surface area (Å²) in [5.41, 5.74) is 4.92. The standard InChI is InChI=1S/C22H26N8O2/c1-2-15(27-22-19-21(24-12-23-19)25-13-26-22)20-28-16(9-4-3-5-11-18(31)30-32)14-8-6-7-10-17(14)29-20/h6-8,10,12-13,15,32H,2-5,9,11H2,1H3,(H,30,31)(H2,23,24,25,26,27)/t15-/m0/s1. The maximum absolute atomic E-state index is 11.2. The lowest BCUT2D eigenvalue weighted by molar-refractivity contribution is -0.129. The molecule has 0 aliphatic heterocycles. The van der Waals surface area contributed by atoms with Crippen LogP contribution in [-0.4, -0.2) is 41.0 Å². The Hall–Kier alpha value is -3.66. The van der Waals surface area contributed by atoms with Gasteiger partial charge in [0.15, 0.2) is 17.3 Å². The van der Waals surface area contributed by atoms with Gasteiger partial charge < -0.3 is 10.3 Å². The Kier molecular flexibility index (Phi) is 6.81. The molecule has 4 aromatic rings. The van der Waals surface area contributed by atoms with E-state index in [1.165, 1.54) is 6.33 Å². The third-order valence-corrected chi connectivity index (χ3v) is 5.40. The van der Waals surface area contributed by atoms with Crippen LogP contribution in [0.4, 0.5) is 5.82 Å². The zero-order chi connectivity index (χ0) is 22.3. The Balaban J connectivity index is 1.56. The Bertz CT molecular complexity index is 1210. The van der Waals surface area contributed by atoms with Gasteiger partial charge in [-0.3, -0.25) is 10.0 Å². The highest BCUT2D eigenvalue weighted by Gasteiger charge is 2.18. The lowest BCUT2D eigenvalue weighted by atomic mass is 10.1. The van der Waals surface area contributed by atoms with Gasteiger partial charge in [0, 0.05) is 11.8 Å². The molecule has 0 fully saturated rings. The van der Waals surface area contributed by atoms with E-state index in [9.17, 15) is 4.79 Å². The van der Waals surface area contributed by atoms with Gasteiger partial charge in [-0.1, -0.05) is 31.5 Å². The first-order chi connectivity index (χ1) is 15.7. The second-order valence-corrected chi connectivity index (χ2v) is 7.57. The minimum atomic E-state index is -0.354. The first-order valence-corrected chi connectivity index (χ1v) is 10.8. The summed E-state index contributed by atoms with van der Waals surface area (Å²) in [5.74, 6) is 1.03. The molecule has 10 nitrogen and oxygen atoms in total. The molecule has 166 valence electrons. The van der Waals surface area contributed by atoms with Crippen LogP contribution in [0.3, 0.4) is 0 Å². The fourth-order valence-electron chi connectivity index (χ4n) is 3.71. The summed E-state index contributed by atoms with van der Waals surface area (Å²) in [4.78, 5) is 36.7. The zero-order valence-electron chi connectivity index (χ0n) is 17.9. The predicted octanol–water partition coefficient (Wildman–Crippen LogP) is 3.47. The number of nitrogens with zero attached hydrogens (tertiary/aromatic N) is 5. The number of benzene rings is 1. The molecule has 0 spiro atoms. The molecule has 0 bridgehead atoms. The quantitative estimate of drug-likeness (QED) is 0.169. The van der Waals surface area contributed by atoms with Gasteiger partial charge in [-0.2, -0.15) is 0 Å². The Labute approximate surface area is 184 Å². The minimum absolute atomic E-state index is 0.131. The van der Waals surface area contributed by atoms with Gasteiger partial charge in [-0.15, -0.1) is 0 Å². The molecule has 0 aliphatic rings. The number of hydrogen-bond acceptors (Lipinski definition) is 8. The first-order valence-electron chi connectivity index (χ1n) is 10.8. The fraction of sp³-hybridized carbons (Fsp3) is 0.364. The van der Waals surface area contributed by atoms with Crippen molar-refractivity contribution < 1.29 is 10.0 Å². The molecule has 0 saturated heterocycles. The van der Waals surface area contributed by atoms with E-state index in [1.807, 2.05) is 24.3 Å². The highest BCUT2D eigenvalue weighted by Crippen LogP contribution is 2.26. The minimum Gasteiger partial charge on any atom is -0.358 e. The molecule has 1 atom stereocenters. The Morgan fingerprint density at radius 1 is 1.12 bits per heavy atom. The van der Waals surface area contributed by atoms with Crippen molar-refractivity contribution in [3.63, 3.8) is 0 Å². The molecule has 4 rings (SSSR count). The highest BCUT2D eigenvalue weighted by molar-refractivity contribution is 5.83. The third kappa shape index (κ3) is 4.80. The van der Waals surface area contributed by atoms with Crippen LogP contribution in [0.15, 0.2) is 36.9 Å². The van der Waals surface area contributed by atoms with E-state index in [4.69, 9.17) is 15.2 Å². The lowest BCUT2D eigenvalue weighted by Gasteiger charge is -2.18. The van der Waals surface area contributed by atoms with Crippen molar-refractivity contribution in [2.45, 2.75) is 51.5 Å². The van der Waals surface area contributed by atoms with Gasteiger partial charge >= 0.3 is 0 Å². The van der Waals surface area contributed by atoms with Crippen molar-refractivity contribution in [3.8, 4) is 0 Å². The molecule has 0 unspecified atom stereocenters. The maximum Gasteiger partial charge on any atom is 0.243 e. The lowest BCUT2D eigenvalue weighted by Crippen LogP contribution is -2.17. The first kappa shape index (κ1) is 21.6. The van der Waals surface area contributed by atoms with Crippen molar-refractivity contribution >= 4 is 33.8 Å². The average molecular weight is 435 g/mol. The number of carbonyl (C=O) groups is 1. The summed E-state index contributed by atoms with van der Waals surface area (Å²) < 4.78 is 0. The average Bonchev–Trinajstić information content (AvgIpc) is 3.31. The van der Waals surface area contributed by atoms with Crippen molar-refractivity contribution in [1.82, 2.24) is 35.4 Å².